The number of rotatable bonds is 4. The van der Waals surface area contributed by atoms with Gasteiger partial charge in [-0.3, -0.25) is 9.69 Å². The molecule has 1 N–H and O–H groups in total. The van der Waals surface area contributed by atoms with Gasteiger partial charge in [-0.2, -0.15) is 0 Å². The summed E-state index contributed by atoms with van der Waals surface area (Å²) in [5.74, 6) is 0.0693. The molecule has 0 saturated carbocycles. The van der Waals surface area contributed by atoms with Gasteiger partial charge in [-0.25, -0.2) is 4.79 Å². The van der Waals surface area contributed by atoms with E-state index in [1.807, 2.05) is 24.3 Å². The van der Waals surface area contributed by atoms with Crippen LogP contribution in [0.4, 0.5) is 5.69 Å². The summed E-state index contributed by atoms with van der Waals surface area (Å²) in [6.45, 7) is 7.21. The molecule has 0 aliphatic carbocycles. The van der Waals surface area contributed by atoms with Crippen LogP contribution in [0.3, 0.4) is 0 Å². The van der Waals surface area contributed by atoms with Crippen molar-refractivity contribution in [2.24, 2.45) is 5.92 Å². The number of nitrogens with one attached hydrogen (secondary N) is 1. The third-order valence-electron chi connectivity index (χ3n) is 6.06. The summed E-state index contributed by atoms with van der Waals surface area (Å²) >= 11 is 0. The normalized spacial score (nSPS) is 22.6. The standard InChI is InChI=1S/C24H28N2O3/c1-17-11-13-26(14-12-17)16-18-7-9-20(10-8-18)25-23(28)24(2)15-19-5-3-4-6-21(19)22(27)29-24/h3-10,17H,11-16H2,1-2H3,(H,25,28). The molecule has 29 heavy (non-hydrogen) atoms. The van der Waals surface area contributed by atoms with Crippen LogP contribution in [-0.4, -0.2) is 35.5 Å². The van der Waals surface area contributed by atoms with Gasteiger partial charge in [-0.05, 0) is 68.1 Å². The van der Waals surface area contributed by atoms with Gasteiger partial charge < -0.3 is 10.1 Å². The first-order chi connectivity index (χ1) is 13.9. The summed E-state index contributed by atoms with van der Waals surface area (Å²) in [6, 6.07) is 15.2. The number of carbonyl (C=O) groups is 2. The van der Waals surface area contributed by atoms with Crippen molar-refractivity contribution in [2.45, 2.75) is 45.3 Å². The number of ether oxygens (including phenoxy) is 1. The molecule has 1 amide bonds. The first-order valence-corrected chi connectivity index (χ1v) is 10.4. The Balaban J connectivity index is 1.39. The molecule has 1 atom stereocenters. The first-order valence-electron chi connectivity index (χ1n) is 10.4. The van der Waals surface area contributed by atoms with Gasteiger partial charge in [-0.15, -0.1) is 0 Å². The quantitative estimate of drug-likeness (QED) is 0.798. The maximum absolute atomic E-state index is 12.9. The van der Waals surface area contributed by atoms with E-state index in [0.717, 1.165) is 31.1 Å². The minimum absolute atomic E-state index is 0.307. The summed E-state index contributed by atoms with van der Waals surface area (Å²) in [4.78, 5) is 27.7. The molecule has 5 nitrogen and oxygen atoms in total. The highest BCUT2D eigenvalue weighted by atomic mass is 16.6. The summed E-state index contributed by atoms with van der Waals surface area (Å²) < 4.78 is 5.51. The molecule has 0 spiro atoms. The number of cyclic esters (lactones) is 1. The van der Waals surface area contributed by atoms with Crippen LogP contribution in [0.25, 0.3) is 0 Å². The van der Waals surface area contributed by atoms with Gasteiger partial charge in [0.1, 0.15) is 0 Å². The lowest BCUT2D eigenvalue weighted by Crippen LogP contribution is -2.48. The van der Waals surface area contributed by atoms with Crippen molar-refractivity contribution >= 4 is 17.6 Å². The van der Waals surface area contributed by atoms with Crippen molar-refractivity contribution in [2.75, 3.05) is 18.4 Å². The lowest BCUT2D eigenvalue weighted by Gasteiger charge is -2.33. The minimum Gasteiger partial charge on any atom is -0.445 e. The second kappa shape index (κ2) is 7.99. The van der Waals surface area contributed by atoms with E-state index >= 15 is 0 Å². The van der Waals surface area contributed by atoms with Crippen LogP contribution in [0, 0.1) is 5.92 Å². The largest absolute Gasteiger partial charge is 0.445 e. The minimum atomic E-state index is -1.21. The van der Waals surface area contributed by atoms with Crippen molar-refractivity contribution in [3.05, 3.63) is 65.2 Å². The summed E-state index contributed by atoms with van der Waals surface area (Å²) in [7, 11) is 0. The van der Waals surface area contributed by atoms with Gasteiger partial charge >= 0.3 is 5.97 Å². The van der Waals surface area contributed by atoms with Gasteiger partial charge in [0.25, 0.3) is 5.91 Å². The predicted molar refractivity (Wildman–Crippen MR) is 113 cm³/mol. The van der Waals surface area contributed by atoms with Gasteiger partial charge in [0.15, 0.2) is 5.60 Å². The van der Waals surface area contributed by atoms with E-state index in [0.29, 0.717) is 17.7 Å². The van der Waals surface area contributed by atoms with Gasteiger partial charge in [0, 0.05) is 18.7 Å². The first kappa shape index (κ1) is 19.6. The highest BCUT2D eigenvalue weighted by molar-refractivity contribution is 6.02. The molecule has 1 saturated heterocycles. The number of esters is 1. The Bertz CT molecular complexity index is 901. The second-order valence-corrected chi connectivity index (χ2v) is 8.56. The number of piperidine rings is 1. The molecule has 152 valence electrons. The van der Waals surface area contributed by atoms with Crippen LogP contribution in [-0.2, 0) is 22.5 Å². The highest BCUT2D eigenvalue weighted by Crippen LogP contribution is 2.29. The number of likely N-dealkylation sites (tertiary alicyclic amines) is 1. The molecule has 0 radical (unpaired) electrons. The van der Waals surface area contributed by atoms with E-state index in [1.165, 1.54) is 18.4 Å². The number of hydrogen-bond donors (Lipinski definition) is 1. The fourth-order valence-corrected chi connectivity index (χ4v) is 4.09. The Morgan fingerprint density at radius 1 is 1.14 bits per heavy atom. The summed E-state index contributed by atoms with van der Waals surface area (Å²) in [6.07, 6.45) is 2.88. The molecule has 2 aliphatic heterocycles. The number of benzene rings is 2. The van der Waals surface area contributed by atoms with Crippen molar-refractivity contribution in [1.29, 1.82) is 0 Å². The van der Waals surface area contributed by atoms with E-state index in [1.54, 1.807) is 19.1 Å². The van der Waals surface area contributed by atoms with Gasteiger partial charge in [-0.1, -0.05) is 37.3 Å². The molecule has 2 aromatic carbocycles. The lowest BCUT2D eigenvalue weighted by molar-refractivity contribution is -0.134. The van der Waals surface area contributed by atoms with E-state index in [2.05, 4.69) is 29.3 Å². The van der Waals surface area contributed by atoms with Crippen LogP contribution in [0.1, 0.15) is 48.2 Å². The molecule has 0 aromatic heterocycles. The molecule has 2 aliphatic rings. The monoisotopic (exact) mass is 392 g/mol. The Kier molecular flexibility index (Phi) is 5.41. The van der Waals surface area contributed by atoms with Crippen LogP contribution < -0.4 is 5.32 Å². The molecule has 5 heteroatoms. The second-order valence-electron chi connectivity index (χ2n) is 8.56. The maximum atomic E-state index is 12.9. The molecule has 1 fully saturated rings. The SMILES string of the molecule is CC1CCN(Cc2ccc(NC(=O)C3(C)Cc4ccccc4C(=O)O3)cc2)CC1. The van der Waals surface area contributed by atoms with Crippen molar-refractivity contribution < 1.29 is 14.3 Å². The Morgan fingerprint density at radius 3 is 2.55 bits per heavy atom. The fraction of sp³-hybridized carbons (Fsp3) is 0.417. The molecule has 2 heterocycles. The summed E-state index contributed by atoms with van der Waals surface area (Å²) in [5, 5.41) is 2.91. The topological polar surface area (TPSA) is 58.6 Å². The summed E-state index contributed by atoms with van der Waals surface area (Å²) in [5.41, 5.74) is 2.11. The van der Waals surface area contributed by atoms with Crippen LogP contribution >= 0.6 is 0 Å². The Hall–Kier alpha value is -2.66. The predicted octanol–water partition coefficient (Wildman–Crippen LogP) is 4.03. The smallest absolute Gasteiger partial charge is 0.339 e. The average Bonchev–Trinajstić information content (AvgIpc) is 2.71. The lowest BCUT2D eigenvalue weighted by atomic mass is 9.89. The van der Waals surface area contributed by atoms with Crippen LogP contribution in [0.15, 0.2) is 48.5 Å². The van der Waals surface area contributed by atoms with E-state index in [4.69, 9.17) is 4.74 Å². The molecular formula is C24H28N2O3. The maximum Gasteiger partial charge on any atom is 0.339 e. The number of fused-ring (bicyclic) bond motifs is 1. The van der Waals surface area contributed by atoms with Crippen molar-refractivity contribution in [3.63, 3.8) is 0 Å². The number of nitrogens with zero attached hydrogens (tertiary/aromatic N) is 1. The van der Waals surface area contributed by atoms with Gasteiger partial charge in [0.2, 0.25) is 0 Å². The molecular weight excluding hydrogens is 364 g/mol. The van der Waals surface area contributed by atoms with Crippen LogP contribution in [0.2, 0.25) is 0 Å². The Labute approximate surface area is 172 Å². The zero-order valence-corrected chi connectivity index (χ0v) is 17.1. The molecule has 2 aromatic rings. The van der Waals surface area contributed by atoms with Gasteiger partial charge in [0.05, 0.1) is 5.56 Å². The fourth-order valence-electron chi connectivity index (χ4n) is 4.09. The van der Waals surface area contributed by atoms with Crippen molar-refractivity contribution in [1.82, 2.24) is 4.90 Å². The highest BCUT2D eigenvalue weighted by Gasteiger charge is 2.42. The number of anilines is 1. The van der Waals surface area contributed by atoms with E-state index in [9.17, 15) is 9.59 Å². The molecule has 4 rings (SSSR count). The number of hydrogen-bond acceptors (Lipinski definition) is 4. The Morgan fingerprint density at radius 2 is 1.83 bits per heavy atom. The third-order valence-corrected chi connectivity index (χ3v) is 6.06. The zero-order chi connectivity index (χ0) is 20.4. The zero-order valence-electron chi connectivity index (χ0n) is 17.1. The van der Waals surface area contributed by atoms with Crippen molar-refractivity contribution in [3.8, 4) is 0 Å². The molecule has 1 unspecified atom stereocenters. The molecule has 0 bridgehead atoms. The number of carbonyl (C=O) groups excluding carboxylic acids is 2. The van der Waals surface area contributed by atoms with E-state index in [-0.39, 0.29) is 5.91 Å². The van der Waals surface area contributed by atoms with Crippen LogP contribution in [0.5, 0.6) is 0 Å². The third kappa shape index (κ3) is 4.35. The average molecular weight is 392 g/mol. The van der Waals surface area contributed by atoms with E-state index < -0.39 is 11.6 Å². The number of amides is 1.